The predicted octanol–water partition coefficient (Wildman–Crippen LogP) is 5.37. The molecule has 3 aromatic carbocycles. The molecule has 0 N–H and O–H groups in total. The number of aromatic nitrogens is 2. The van der Waals surface area contributed by atoms with Crippen molar-refractivity contribution < 1.29 is 13.2 Å². The van der Waals surface area contributed by atoms with E-state index in [0.29, 0.717) is 30.6 Å². The van der Waals surface area contributed by atoms with Gasteiger partial charge in [0.1, 0.15) is 18.2 Å². The van der Waals surface area contributed by atoms with Crippen molar-refractivity contribution >= 4 is 32.7 Å². The van der Waals surface area contributed by atoms with Crippen LogP contribution in [-0.2, 0) is 23.2 Å². The van der Waals surface area contributed by atoms with Crippen LogP contribution in [0.25, 0.3) is 11.0 Å². The van der Waals surface area contributed by atoms with Gasteiger partial charge in [-0.2, -0.15) is 4.31 Å². The monoisotopic (exact) mass is 495 g/mol. The molecule has 1 fully saturated rings. The van der Waals surface area contributed by atoms with E-state index in [0.717, 1.165) is 42.0 Å². The van der Waals surface area contributed by atoms with Gasteiger partial charge in [0.15, 0.2) is 0 Å². The van der Waals surface area contributed by atoms with Gasteiger partial charge in [-0.15, -0.1) is 0 Å². The lowest BCUT2D eigenvalue weighted by Crippen LogP contribution is -2.39. The summed E-state index contributed by atoms with van der Waals surface area (Å²) in [6, 6.07) is 24.2. The number of piperidine rings is 1. The third-order valence-electron chi connectivity index (χ3n) is 6.31. The predicted molar refractivity (Wildman–Crippen MR) is 133 cm³/mol. The Kier molecular flexibility index (Phi) is 6.59. The summed E-state index contributed by atoms with van der Waals surface area (Å²) in [7, 11) is -3.51. The van der Waals surface area contributed by atoms with Gasteiger partial charge in [0.25, 0.3) is 0 Å². The lowest BCUT2D eigenvalue weighted by Gasteiger charge is -2.31. The van der Waals surface area contributed by atoms with E-state index >= 15 is 0 Å². The summed E-state index contributed by atoms with van der Waals surface area (Å²) in [5, 5.41) is 0.525. The Balaban J connectivity index is 1.30. The molecule has 0 bridgehead atoms. The summed E-state index contributed by atoms with van der Waals surface area (Å²) in [4.78, 5) is 5.10. The fourth-order valence-corrected chi connectivity index (χ4v) is 6.05. The molecule has 0 atom stereocenters. The lowest BCUT2D eigenvalue weighted by atomic mass is 9.98. The minimum Gasteiger partial charge on any atom is -0.486 e. The molecule has 8 heteroatoms. The molecule has 0 saturated carbocycles. The van der Waals surface area contributed by atoms with Gasteiger partial charge >= 0.3 is 0 Å². The van der Waals surface area contributed by atoms with Gasteiger partial charge in [-0.1, -0.05) is 41.9 Å². The van der Waals surface area contributed by atoms with E-state index in [1.807, 2.05) is 48.5 Å². The van der Waals surface area contributed by atoms with Crippen LogP contribution in [-0.4, -0.2) is 35.4 Å². The summed E-state index contributed by atoms with van der Waals surface area (Å²) in [5.41, 5.74) is 2.02. The maximum atomic E-state index is 13.0. The molecule has 1 aliphatic heterocycles. The third kappa shape index (κ3) is 4.82. The first-order valence-electron chi connectivity index (χ1n) is 11.4. The highest BCUT2D eigenvalue weighted by Gasteiger charge is 2.30. The minimum absolute atomic E-state index is 0.288. The Morgan fingerprint density at radius 3 is 2.32 bits per heavy atom. The number of hydrogen-bond donors (Lipinski definition) is 0. The van der Waals surface area contributed by atoms with Crippen LogP contribution in [0.5, 0.6) is 5.75 Å². The van der Waals surface area contributed by atoms with E-state index in [2.05, 4.69) is 10.6 Å². The zero-order valence-electron chi connectivity index (χ0n) is 18.7. The second-order valence-corrected chi connectivity index (χ2v) is 10.9. The lowest BCUT2D eigenvalue weighted by molar-refractivity contribution is 0.244. The number of para-hydroxylation sites is 3. The molecule has 0 radical (unpaired) electrons. The molecule has 1 aliphatic rings. The zero-order chi connectivity index (χ0) is 23.5. The molecule has 0 unspecified atom stereocenters. The van der Waals surface area contributed by atoms with Gasteiger partial charge in [-0.3, -0.25) is 0 Å². The standard InChI is InChI=1S/C26H26ClN3O3S/c27-21-10-12-23(13-11-21)34(31,32)29-16-14-20(15-17-29)18-30-25-9-5-4-8-24(25)28-26(30)19-33-22-6-2-1-3-7-22/h1-13,20H,14-19H2. The van der Waals surface area contributed by atoms with Crippen LogP contribution >= 0.6 is 11.6 Å². The van der Waals surface area contributed by atoms with E-state index in [4.69, 9.17) is 21.3 Å². The van der Waals surface area contributed by atoms with Crippen LogP contribution in [0.2, 0.25) is 5.02 Å². The van der Waals surface area contributed by atoms with E-state index in [9.17, 15) is 8.42 Å². The van der Waals surface area contributed by atoms with Crippen LogP contribution in [0.4, 0.5) is 0 Å². The Bertz CT molecular complexity index is 1360. The Labute approximate surface area is 204 Å². The molecule has 2 heterocycles. The normalized spacial score (nSPS) is 15.6. The molecule has 1 saturated heterocycles. The van der Waals surface area contributed by atoms with Crippen molar-refractivity contribution in [2.75, 3.05) is 13.1 Å². The smallest absolute Gasteiger partial charge is 0.243 e. The van der Waals surface area contributed by atoms with Crippen molar-refractivity contribution in [2.45, 2.75) is 30.9 Å². The quantitative estimate of drug-likeness (QED) is 0.346. The van der Waals surface area contributed by atoms with Gasteiger partial charge in [0.2, 0.25) is 10.0 Å². The number of benzene rings is 3. The average molecular weight is 496 g/mol. The molecule has 4 aromatic rings. The highest BCUT2D eigenvalue weighted by molar-refractivity contribution is 7.89. The van der Waals surface area contributed by atoms with Crippen LogP contribution in [0.15, 0.2) is 83.8 Å². The van der Waals surface area contributed by atoms with E-state index in [1.165, 1.54) is 0 Å². The third-order valence-corrected chi connectivity index (χ3v) is 8.48. The van der Waals surface area contributed by atoms with Gasteiger partial charge in [-0.25, -0.2) is 13.4 Å². The largest absolute Gasteiger partial charge is 0.486 e. The molecule has 1 aromatic heterocycles. The summed E-state index contributed by atoms with van der Waals surface area (Å²) in [5.74, 6) is 2.04. The van der Waals surface area contributed by atoms with Crippen LogP contribution < -0.4 is 4.74 Å². The SMILES string of the molecule is O=S(=O)(c1ccc(Cl)cc1)N1CCC(Cn2c(COc3ccccc3)nc3ccccc32)CC1. The summed E-state index contributed by atoms with van der Waals surface area (Å²) >= 11 is 5.92. The van der Waals surface area contributed by atoms with Crippen LogP contribution in [0, 0.1) is 5.92 Å². The van der Waals surface area contributed by atoms with Crippen molar-refractivity contribution in [3.8, 4) is 5.75 Å². The average Bonchev–Trinajstić information content (AvgIpc) is 3.21. The van der Waals surface area contributed by atoms with Crippen molar-refractivity contribution in [1.82, 2.24) is 13.9 Å². The molecule has 0 aliphatic carbocycles. The molecular weight excluding hydrogens is 470 g/mol. The number of halogens is 1. The number of nitrogens with zero attached hydrogens (tertiary/aromatic N) is 3. The van der Waals surface area contributed by atoms with Gasteiger partial charge in [0, 0.05) is 24.7 Å². The van der Waals surface area contributed by atoms with Gasteiger partial charge in [0.05, 0.1) is 15.9 Å². The highest BCUT2D eigenvalue weighted by atomic mass is 35.5. The number of hydrogen-bond acceptors (Lipinski definition) is 4. The van der Waals surface area contributed by atoms with Crippen LogP contribution in [0.1, 0.15) is 18.7 Å². The molecular formula is C26H26ClN3O3S. The molecule has 6 nitrogen and oxygen atoms in total. The topological polar surface area (TPSA) is 64.4 Å². The summed E-state index contributed by atoms with van der Waals surface area (Å²) in [6.45, 7) is 2.15. The maximum Gasteiger partial charge on any atom is 0.243 e. The Hall–Kier alpha value is -2.87. The summed E-state index contributed by atoms with van der Waals surface area (Å²) < 4.78 is 35.8. The van der Waals surface area contributed by atoms with E-state index in [1.54, 1.807) is 28.6 Å². The first-order chi connectivity index (χ1) is 16.5. The van der Waals surface area contributed by atoms with Crippen molar-refractivity contribution in [3.63, 3.8) is 0 Å². The first-order valence-corrected chi connectivity index (χ1v) is 13.2. The van der Waals surface area contributed by atoms with Crippen molar-refractivity contribution in [2.24, 2.45) is 5.92 Å². The number of imidazole rings is 1. The molecule has 0 spiro atoms. The number of rotatable bonds is 7. The van der Waals surface area contributed by atoms with Gasteiger partial charge < -0.3 is 9.30 Å². The van der Waals surface area contributed by atoms with E-state index in [-0.39, 0.29) is 4.90 Å². The van der Waals surface area contributed by atoms with Crippen molar-refractivity contribution in [3.05, 3.63) is 89.7 Å². The molecule has 176 valence electrons. The molecule has 5 rings (SSSR count). The fourth-order valence-electron chi connectivity index (χ4n) is 4.45. The Morgan fingerprint density at radius 1 is 0.912 bits per heavy atom. The van der Waals surface area contributed by atoms with Gasteiger partial charge in [-0.05, 0) is 67.3 Å². The number of ether oxygens (including phenoxy) is 1. The van der Waals surface area contributed by atoms with Crippen molar-refractivity contribution in [1.29, 1.82) is 0 Å². The molecule has 34 heavy (non-hydrogen) atoms. The number of fused-ring (bicyclic) bond motifs is 1. The van der Waals surface area contributed by atoms with Crippen LogP contribution in [0.3, 0.4) is 0 Å². The highest BCUT2D eigenvalue weighted by Crippen LogP contribution is 2.28. The van der Waals surface area contributed by atoms with E-state index < -0.39 is 10.0 Å². The first kappa shape index (κ1) is 22.9. The fraction of sp³-hybridized carbons (Fsp3) is 0.269. The Morgan fingerprint density at radius 2 is 1.59 bits per heavy atom. The zero-order valence-corrected chi connectivity index (χ0v) is 20.3. The minimum atomic E-state index is -3.51. The second kappa shape index (κ2) is 9.78. The second-order valence-electron chi connectivity index (χ2n) is 8.53. The maximum absolute atomic E-state index is 13.0. The number of sulfonamides is 1. The summed E-state index contributed by atoms with van der Waals surface area (Å²) in [6.07, 6.45) is 1.58. The molecule has 0 amide bonds.